The number of benzene rings is 2. The van der Waals surface area contributed by atoms with Crippen LogP contribution >= 0.6 is 0 Å². The van der Waals surface area contributed by atoms with Crippen LogP contribution in [0.1, 0.15) is 30.4 Å². The number of likely N-dealkylation sites (tertiary alicyclic amines) is 1. The molecule has 8 nitrogen and oxygen atoms in total. The highest BCUT2D eigenvalue weighted by atomic mass is 32.2. The normalized spacial score (nSPS) is 19.5. The summed E-state index contributed by atoms with van der Waals surface area (Å²) in [5.74, 6) is 0.147. The third-order valence-corrected chi connectivity index (χ3v) is 8.31. The van der Waals surface area contributed by atoms with Gasteiger partial charge in [0.15, 0.2) is 0 Å². The van der Waals surface area contributed by atoms with E-state index in [4.69, 9.17) is 4.74 Å². The largest absolute Gasteiger partial charge is 0.497 e. The molecule has 2 aliphatic rings. The Bertz CT molecular complexity index is 1170. The maximum atomic E-state index is 13.1. The van der Waals surface area contributed by atoms with Crippen LogP contribution in [0.25, 0.3) is 0 Å². The van der Waals surface area contributed by atoms with Crippen molar-refractivity contribution in [2.24, 2.45) is 5.92 Å². The molecule has 0 bridgehead atoms. The molecule has 2 fully saturated rings. The van der Waals surface area contributed by atoms with Gasteiger partial charge >= 0.3 is 0 Å². The number of anilines is 1. The summed E-state index contributed by atoms with van der Waals surface area (Å²) >= 11 is 0. The molecule has 182 valence electrons. The zero-order valence-electron chi connectivity index (χ0n) is 19.8. The minimum atomic E-state index is -3.65. The van der Waals surface area contributed by atoms with E-state index in [2.05, 4.69) is 4.72 Å². The van der Waals surface area contributed by atoms with Crippen molar-refractivity contribution >= 4 is 27.5 Å². The second-order valence-electron chi connectivity index (χ2n) is 9.07. The molecule has 2 saturated heterocycles. The van der Waals surface area contributed by atoms with Crippen LogP contribution in [0.4, 0.5) is 5.69 Å². The Morgan fingerprint density at radius 2 is 1.71 bits per heavy atom. The summed E-state index contributed by atoms with van der Waals surface area (Å²) in [5.41, 5.74) is 3.10. The third-order valence-electron chi connectivity index (χ3n) is 6.77. The van der Waals surface area contributed by atoms with Gasteiger partial charge in [-0.15, -0.1) is 0 Å². The molecule has 2 aromatic carbocycles. The number of ether oxygens (including phenoxy) is 1. The van der Waals surface area contributed by atoms with Gasteiger partial charge in [0.25, 0.3) is 0 Å². The zero-order valence-corrected chi connectivity index (χ0v) is 20.6. The number of carbonyl (C=O) groups excluding carboxylic acids is 2. The van der Waals surface area contributed by atoms with E-state index in [1.54, 1.807) is 21.9 Å². The maximum absolute atomic E-state index is 13.1. The highest BCUT2D eigenvalue weighted by molar-refractivity contribution is 7.89. The topological polar surface area (TPSA) is 96.0 Å². The zero-order chi connectivity index (χ0) is 24.5. The minimum absolute atomic E-state index is 0.0313. The fourth-order valence-corrected chi connectivity index (χ4v) is 5.84. The molecule has 1 atom stereocenters. The minimum Gasteiger partial charge on any atom is -0.497 e. The number of piperidine rings is 1. The molecule has 1 N–H and O–H groups in total. The van der Waals surface area contributed by atoms with E-state index in [9.17, 15) is 18.0 Å². The van der Waals surface area contributed by atoms with E-state index in [-0.39, 0.29) is 35.1 Å². The summed E-state index contributed by atoms with van der Waals surface area (Å²) in [6.45, 7) is 5.34. The molecular formula is C25H31N3O5S. The van der Waals surface area contributed by atoms with Crippen molar-refractivity contribution in [3.05, 3.63) is 53.6 Å². The average Bonchev–Trinajstić information content (AvgIpc) is 3.22. The molecule has 4 rings (SSSR count). The first-order valence-corrected chi connectivity index (χ1v) is 13.0. The Balaban J connectivity index is 1.32. The lowest BCUT2D eigenvalue weighted by molar-refractivity contribution is -0.136. The van der Waals surface area contributed by atoms with Crippen molar-refractivity contribution in [3.8, 4) is 5.75 Å². The molecule has 0 radical (unpaired) electrons. The quantitative estimate of drug-likeness (QED) is 0.679. The summed E-state index contributed by atoms with van der Waals surface area (Å²) in [7, 11) is -2.12. The second-order valence-corrected chi connectivity index (χ2v) is 10.8. The number of nitrogens with zero attached hydrogens (tertiary/aromatic N) is 2. The van der Waals surface area contributed by atoms with Gasteiger partial charge in [0.2, 0.25) is 21.8 Å². The van der Waals surface area contributed by atoms with Gasteiger partial charge in [-0.1, -0.05) is 6.07 Å². The van der Waals surface area contributed by atoms with E-state index >= 15 is 0 Å². The number of carbonyl (C=O) groups is 2. The summed E-state index contributed by atoms with van der Waals surface area (Å²) in [5, 5.41) is 0. The molecule has 2 heterocycles. The number of methoxy groups -OCH3 is 1. The lowest BCUT2D eigenvalue weighted by atomic mass is 10.0. The van der Waals surface area contributed by atoms with Gasteiger partial charge in [-0.05, 0) is 74.2 Å². The first-order valence-electron chi connectivity index (χ1n) is 11.5. The van der Waals surface area contributed by atoms with Gasteiger partial charge in [0.05, 0.1) is 17.9 Å². The lowest BCUT2D eigenvalue weighted by Crippen LogP contribution is -2.48. The van der Waals surface area contributed by atoms with Gasteiger partial charge in [-0.2, -0.15) is 0 Å². The molecule has 2 aromatic rings. The van der Waals surface area contributed by atoms with E-state index in [1.807, 2.05) is 32.0 Å². The van der Waals surface area contributed by atoms with E-state index in [0.717, 1.165) is 16.8 Å². The second kappa shape index (κ2) is 9.76. The molecule has 34 heavy (non-hydrogen) atoms. The monoisotopic (exact) mass is 485 g/mol. The van der Waals surface area contributed by atoms with Crippen molar-refractivity contribution in [3.63, 3.8) is 0 Å². The van der Waals surface area contributed by atoms with Gasteiger partial charge < -0.3 is 14.5 Å². The predicted octanol–water partition coefficient (Wildman–Crippen LogP) is 2.63. The van der Waals surface area contributed by atoms with Crippen LogP contribution in [0.2, 0.25) is 0 Å². The Morgan fingerprint density at radius 1 is 1.03 bits per heavy atom. The van der Waals surface area contributed by atoms with E-state index in [0.29, 0.717) is 38.2 Å². The first kappa shape index (κ1) is 24.2. The third kappa shape index (κ3) is 5.10. The number of rotatable bonds is 6. The number of aryl methyl sites for hydroxylation is 2. The maximum Gasteiger partial charge on any atom is 0.240 e. The summed E-state index contributed by atoms with van der Waals surface area (Å²) in [6, 6.07) is 11.9. The molecule has 2 aliphatic heterocycles. The molecule has 0 saturated carbocycles. The van der Waals surface area contributed by atoms with Crippen molar-refractivity contribution in [1.29, 1.82) is 0 Å². The first-order chi connectivity index (χ1) is 16.2. The van der Waals surface area contributed by atoms with E-state index < -0.39 is 10.0 Å². The number of nitrogens with one attached hydrogen (secondary N) is 1. The van der Waals surface area contributed by atoms with Crippen molar-refractivity contribution < 1.29 is 22.7 Å². The van der Waals surface area contributed by atoms with Crippen LogP contribution in [0.3, 0.4) is 0 Å². The Kier molecular flexibility index (Phi) is 6.95. The fourth-order valence-electron chi connectivity index (χ4n) is 4.53. The van der Waals surface area contributed by atoms with Gasteiger partial charge in [-0.3, -0.25) is 9.59 Å². The van der Waals surface area contributed by atoms with Crippen LogP contribution in [0.5, 0.6) is 5.75 Å². The van der Waals surface area contributed by atoms with Crippen LogP contribution in [0.15, 0.2) is 47.4 Å². The summed E-state index contributed by atoms with van der Waals surface area (Å²) < 4.78 is 33.2. The molecule has 9 heteroatoms. The molecule has 2 amide bonds. The predicted molar refractivity (Wildman–Crippen MR) is 129 cm³/mol. The number of sulfonamides is 1. The highest BCUT2D eigenvalue weighted by Gasteiger charge is 2.38. The standard InChI is InChI=1S/C25H31N3O5S/c1-17-4-5-21(14-18(17)2)28-16-19(15-24(28)29)25(30)27-12-10-20(11-13-27)26-34(31,32)23-8-6-22(33-3)7-9-23/h4-9,14,19-20,26H,10-13,15-16H2,1-3H3/t19-/m0/s1. The fraction of sp³-hybridized carbons (Fsp3) is 0.440. The molecule has 0 aliphatic carbocycles. The highest BCUT2D eigenvalue weighted by Crippen LogP contribution is 2.29. The van der Waals surface area contributed by atoms with Crippen molar-refractivity contribution in [1.82, 2.24) is 9.62 Å². The van der Waals surface area contributed by atoms with Gasteiger partial charge in [-0.25, -0.2) is 13.1 Å². The Hall–Kier alpha value is -2.91. The number of hydrogen-bond acceptors (Lipinski definition) is 5. The lowest BCUT2D eigenvalue weighted by Gasteiger charge is -2.33. The average molecular weight is 486 g/mol. The smallest absolute Gasteiger partial charge is 0.240 e. The SMILES string of the molecule is COc1ccc(S(=O)(=O)NC2CCN(C(=O)[C@H]3CC(=O)N(c4ccc(C)c(C)c4)C3)CC2)cc1. The van der Waals surface area contributed by atoms with E-state index in [1.165, 1.54) is 19.2 Å². The molecule has 0 spiro atoms. The van der Waals surface area contributed by atoms with Gasteiger partial charge in [0, 0.05) is 37.8 Å². The van der Waals surface area contributed by atoms with Crippen LogP contribution in [-0.2, 0) is 19.6 Å². The molecule has 0 aromatic heterocycles. The van der Waals surface area contributed by atoms with Crippen LogP contribution in [-0.4, -0.2) is 57.9 Å². The van der Waals surface area contributed by atoms with Crippen LogP contribution < -0.4 is 14.4 Å². The van der Waals surface area contributed by atoms with Crippen LogP contribution in [0, 0.1) is 19.8 Å². The van der Waals surface area contributed by atoms with Crippen molar-refractivity contribution in [2.45, 2.75) is 44.0 Å². The summed E-state index contributed by atoms with van der Waals surface area (Å²) in [4.78, 5) is 29.4. The number of hydrogen-bond donors (Lipinski definition) is 1. The Morgan fingerprint density at radius 3 is 2.32 bits per heavy atom. The van der Waals surface area contributed by atoms with Crippen molar-refractivity contribution in [2.75, 3.05) is 31.6 Å². The Labute approximate surface area is 200 Å². The molecular weight excluding hydrogens is 454 g/mol. The molecule has 0 unspecified atom stereocenters. The van der Waals surface area contributed by atoms with Gasteiger partial charge in [0.1, 0.15) is 5.75 Å². The number of amides is 2. The summed E-state index contributed by atoms with van der Waals surface area (Å²) in [6.07, 6.45) is 1.26.